The molecule has 2 heterocycles. The standard InChI is InChI=1S/C15H22N4O2S/c1-8(2)7-19-12-11(14(20)18(6)15(19)21)13(22-9(3)4)17-10(5)16-12/h8-9H,7H2,1-6H3. The van der Waals surface area contributed by atoms with Crippen LogP contribution in [-0.2, 0) is 13.6 Å². The van der Waals surface area contributed by atoms with Crippen LogP contribution in [0.1, 0.15) is 33.5 Å². The van der Waals surface area contributed by atoms with Crippen LogP contribution >= 0.6 is 11.8 Å². The number of fused-ring (bicyclic) bond motifs is 1. The zero-order valence-corrected chi connectivity index (χ0v) is 14.7. The molecule has 0 aliphatic carbocycles. The minimum absolute atomic E-state index is 0.273. The smallest absolute Gasteiger partial charge is 0.277 e. The van der Waals surface area contributed by atoms with Gasteiger partial charge in [-0.3, -0.25) is 13.9 Å². The van der Waals surface area contributed by atoms with E-state index in [9.17, 15) is 9.59 Å². The Labute approximate surface area is 133 Å². The molecule has 0 spiro atoms. The van der Waals surface area contributed by atoms with E-state index in [4.69, 9.17) is 0 Å². The number of rotatable bonds is 4. The summed E-state index contributed by atoms with van der Waals surface area (Å²) < 4.78 is 2.73. The van der Waals surface area contributed by atoms with Crippen LogP contribution in [0.15, 0.2) is 14.6 Å². The first-order valence-corrected chi connectivity index (χ1v) is 8.25. The fourth-order valence-electron chi connectivity index (χ4n) is 2.28. The summed E-state index contributed by atoms with van der Waals surface area (Å²) in [5, 5.41) is 1.37. The number of aryl methyl sites for hydroxylation is 1. The Hall–Kier alpha value is -1.63. The van der Waals surface area contributed by atoms with Crippen LogP contribution in [0.25, 0.3) is 11.0 Å². The molecular formula is C15H22N4O2S. The van der Waals surface area contributed by atoms with Crippen LogP contribution in [-0.4, -0.2) is 24.4 Å². The third-order valence-electron chi connectivity index (χ3n) is 3.16. The maximum atomic E-state index is 12.6. The van der Waals surface area contributed by atoms with Crippen molar-refractivity contribution in [1.82, 2.24) is 19.1 Å². The Morgan fingerprint density at radius 3 is 2.32 bits per heavy atom. The van der Waals surface area contributed by atoms with Gasteiger partial charge < -0.3 is 0 Å². The number of nitrogens with zero attached hydrogens (tertiary/aromatic N) is 4. The highest BCUT2D eigenvalue weighted by molar-refractivity contribution is 8.00. The third kappa shape index (κ3) is 3.09. The van der Waals surface area contributed by atoms with Crippen molar-refractivity contribution in [3.05, 3.63) is 26.7 Å². The Morgan fingerprint density at radius 2 is 1.77 bits per heavy atom. The molecule has 0 radical (unpaired) electrons. The number of thioether (sulfide) groups is 1. The molecule has 6 nitrogen and oxygen atoms in total. The molecule has 0 N–H and O–H groups in total. The molecule has 2 aromatic heterocycles. The molecule has 0 saturated heterocycles. The van der Waals surface area contributed by atoms with Gasteiger partial charge in [0.05, 0.1) is 0 Å². The second-order valence-electron chi connectivity index (χ2n) is 6.09. The van der Waals surface area contributed by atoms with Gasteiger partial charge in [-0.25, -0.2) is 14.8 Å². The van der Waals surface area contributed by atoms with E-state index in [0.29, 0.717) is 28.4 Å². The molecule has 0 unspecified atom stereocenters. The van der Waals surface area contributed by atoms with Crippen LogP contribution in [0, 0.1) is 12.8 Å². The highest BCUT2D eigenvalue weighted by Crippen LogP contribution is 2.26. The fraction of sp³-hybridized carbons (Fsp3) is 0.600. The second kappa shape index (κ2) is 6.24. The highest BCUT2D eigenvalue weighted by Gasteiger charge is 2.19. The maximum Gasteiger partial charge on any atom is 0.332 e. The minimum atomic E-state index is -0.330. The fourth-order valence-corrected chi connectivity index (χ4v) is 3.21. The van der Waals surface area contributed by atoms with Crippen LogP contribution < -0.4 is 11.2 Å². The van der Waals surface area contributed by atoms with Gasteiger partial charge in [-0.15, -0.1) is 11.8 Å². The van der Waals surface area contributed by atoms with Gasteiger partial charge in [0.25, 0.3) is 5.56 Å². The summed E-state index contributed by atoms with van der Waals surface area (Å²) in [6, 6.07) is 0. The third-order valence-corrected chi connectivity index (χ3v) is 4.15. The van der Waals surface area contributed by atoms with Gasteiger partial charge >= 0.3 is 5.69 Å². The van der Waals surface area contributed by atoms with E-state index in [1.165, 1.54) is 18.8 Å². The Bertz CT molecular complexity index is 821. The van der Waals surface area contributed by atoms with E-state index in [2.05, 4.69) is 9.97 Å². The van der Waals surface area contributed by atoms with Crippen molar-refractivity contribution in [3.63, 3.8) is 0 Å². The largest absolute Gasteiger partial charge is 0.332 e. The quantitative estimate of drug-likeness (QED) is 0.636. The summed E-state index contributed by atoms with van der Waals surface area (Å²) in [6.45, 7) is 10.4. The minimum Gasteiger partial charge on any atom is -0.277 e. The van der Waals surface area contributed by atoms with Gasteiger partial charge in [0.1, 0.15) is 16.2 Å². The van der Waals surface area contributed by atoms with E-state index in [-0.39, 0.29) is 22.4 Å². The highest BCUT2D eigenvalue weighted by atomic mass is 32.2. The monoisotopic (exact) mass is 322 g/mol. The number of hydrogen-bond donors (Lipinski definition) is 0. The van der Waals surface area contributed by atoms with E-state index in [1.54, 1.807) is 11.5 Å². The SMILES string of the molecule is Cc1nc(SC(C)C)c2c(=O)n(C)c(=O)n(CC(C)C)c2n1. The zero-order chi connectivity index (χ0) is 16.6. The first-order valence-electron chi connectivity index (χ1n) is 7.37. The van der Waals surface area contributed by atoms with Gasteiger partial charge in [0.15, 0.2) is 5.65 Å². The van der Waals surface area contributed by atoms with Crippen molar-refractivity contribution in [2.45, 2.75) is 51.4 Å². The summed E-state index contributed by atoms with van der Waals surface area (Å²) in [6.07, 6.45) is 0. The van der Waals surface area contributed by atoms with Crippen LogP contribution in [0.2, 0.25) is 0 Å². The lowest BCUT2D eigenvalue weighted by molar-refractivity contribution is 0.498. The molecule has 120 valence electrons. The van der Waals surface area contributed by atoms with Crippen LogP contribution in [0.4, 0.5) is 0 Å². The molecule has 0 fully saturated rings. The van der Waals surface area contributed by atoms with E-state index >= 15 is 0 Å². The summed E-state index contributed by atoms with van der Waals surface area (Å²) >= 11 is 1.52. The molecule has 0 aromatic carbocycles. The first kappa shape index (κ1) is 16.7. The second-order valence-corrected chi connectivity index (χ2v) is 7.66. The molecule has 2 aromatic rings. The van der Waals surface area contributed by atoms with Crippen LogP contribution in [0.3, 0.4) is 0 Å². The van der Waals surface area contributed by atoms with E-state index in [1.807, 2.05) is 27.7 Å². The summed E-state index contributed by atoms with van der Waals surface area (Å²) in [5.74, 6) is 0.843. The molecule has 7 heteroatoms. The maximum absolute atomic E-state index is 12.6. The number of aromatic nitrogens is 4. The first-order chi connectivity index (χ1) is 10.2. The van der Waals surface area contributed by atoms with Crippen molar-refractivity contribution >= 4 is 22.8 Å². The molecule has 0 bridgehead atoms. The molecule has 0 saturated carbocycles. The predicted molar refractivity (Wildman–Crippen MR) is 89.6 cm³/mol. The van der Waals surface area contributed by atoms with Gasteiger partial charge in [0.2, 0.25) is 0 Å². The summed E-state index contributed by atoms with van der Waals surface area (Å²) in [7, 11) is 1.50. The van der Waals surface area contributed by atoms with Gasteiger partial charge in [-0.1, -0.05) is 27.7 Å². The van der Waals surface area contributed by atoms with Crippen molar-refractivity contribution in [2.24, 2.45) is 13.0 Å². The Balaban J connectivity index is 2.94. The lowest BCUT2D eigenvalue weighted by atomic mass is 10.2. The molecule has 22 heavy (non-hydrogen) atoms. The van der Waals surface area contributed by atoms with Gasteiger partial charge in [-0.05, 0) is 12.8 Å². The summed E-state index contributed by atoms with van der Waals surface area (Å²) in [5.41, 5.74) is -0.217. The Morgan fingerprint density at radius 1 is 1.14 bits per heavy atom. The zero-order valence-electron chi connectivity index (χ0n) is 13.9. The molecule has 2 rings (SSSR count). The normalized spacial score (nSPS) is 11.8. The predicted octanol–water partition coefficient (Wildman–Crippen LogP) is 1.96. The average molecular weight is 322 g/mol. The van der Waals surface area contributed by atoms with Gasteiger partial charge in [0, 0.05) is 18.8 Å². The molecule has 0 amide bonds. The molecule has 0 atom stereocenters. The van der Waals surface area contributed by atoms with Gasteiger partial charge in [-0.2, -0.15) is 0 Å². The van der Waals surface area contributed by atoms with Crippen molar-refractivity contribution in [3.8, 4) is 0 Å². The average Bonchev–Trinajstić information content (AvgIpc) is 2.39. The van der Waals surface area contributed by atoms with Crippen LogP contribution in [0.5, 0.6) is 0 Å². The lowest BCUT2D eigenvalue weighted by Gasteiger charge is -2.15. The van der Waals surface area contributed by atoms with E-state index < -0.39 is 0 Å². The Kier molecular flexibility index (Phi) is 4.75. The van der Waals surface area contributed by atoms with Crippen molar-refractivity contribution < 1.29 is 0 Å². The van der Waals surface area contributed by atoms with Crippen molar-refractivity contribution in [1.29, 1.82) is 0 Å². The van der Waals surface area contributed by atoms with Crippen molar-refractivity contribution in [2.75, 3.05) is 0 Å². The molecular weight excluding hydrogens is 300 g/mol. The topological polar surface area (TPSA) is 69.8 Å². The summed E-state index contributed by atoms with van der Waals surface area (Å²) in [4.78, 5) is 33.8. The number of hydrogen-bond acceptors (Lipinski definition) is 5. The molecule has 0 aliphatic heterocycles. The lowest BCUT2D eigenvalue weighted by Crippen LogP contribution is -2.39. The van der Waals surface area contributed by atoms with E-state index in [0.717, 1.165) is 4.57 Å². The molecule has 0 aliphatic rings.